The zero-order chi connectivity index (χ0) is 12.4. The quantitative estimate of drug-likeness (QED) is 0.865. The van der Waals surface area contributed by atoms with Crippen LogP contribution in [0.15, 0.2) is 22.7 Å². The van der Waals surface area contributed by atoms with Crippen molar-refractivity contribution in [2.24, 2.45) is 0 Å². The first-order valence-electron chi connectivity index (χ1n) is 5.81. The molecule has 1 saturated heterocycles. The Morgan fingerprint density at radius 1 is 1.41 bits per heavy atom. The highest BCUT2D eigenvalue weighted by molar-refractivity contribution is 9.10. The maximum absolute atomic E-state index is 9.00. The van der Waals surface area contributed by atoms with Gasteiger partial charge in [-0.05, 0) is 32.0 Å². The fourth-order valence-electron chi connectivity index (χ4n) is 2.19. The smallest absolute Gasteiger partial charge is 0.0992 e. The van der Waals surface area contributed by atoms with Gasteiger partial charge in [0.15, 0.2) is 0 Å². The molecular weight excluding hydrogens is 278 g/mol. The molecule has 2 unspecified atom stereocenters. The lowest BCUT2D eigenvalue weighted by Gasteiger charge is -2.39. The third-order valence-electron chi connectivity index (χ3n) is 3.11. The van der Waals surface area contributed by atoms with Crippen molar-refractivity contribution in [3.63, 3.8) is 0 Å². The summed E-state index contributed by atoms with van der Waals surface area (Å²) in [5.74, 6) is 0. The minimum Gasteiger partial charge on any atom is -0.366 e. The van der Waals surface area contributed by atoms with Gasteiger partial charge in [0.1, 0.15) is 0 Å². The number of anilines is 1. The number of nitrogens with one attached hydrogen (secondary N) is 1. The van der Waals surface area contributed by atoms with Crippen molar-refractivity contribution in [1.82, 2.24) is 5.32 Å². The summed E-state index contributed by atoms with van der Waals surface area (Å²) in [4.78, 5) is 2.35. The van der Waals surface area contributed by atoms with Crippen LogP contribution in [0, 0.1) is 11.3 Å². The molecule has 1 N–H and O–H groups in total. The minimum absolute atomic E-state index is 0.451. The molecule has 0 aliphatic carbocycles. The molecule has 1 heterocycles. The van der Waals surface area contributed by atoms with E-state index in [1.807, 2.05) is 12.1 Å². The minimum atomic E-state index is 0.451. The Morgan fingerprint density at radius 3 is 2.88 bits per heavy atom. The molecule has 1 aliphatic rings. The Kier molecular flexibility index (Phi) is 3.70. The molecule has 1 aromatic carbocycles. The number of nitriles is 1. The monoisotopic (exact) mass is 293 g/mol. The summed E-state index contributed by atoms with van der Waals surface area (Å²) < 4.78 is 0.963. The Bertz CT molecular complexity index is 452. The lowest BCUT2D eigenvalue weighted by atomic mass is 10.1. The third-order valence-corrected chi connectivity index (χ3v) is 3.57. The van der Waals surface area contributed by atoms with Crippen molar-refractivity contribution in [3.8, 4) is 6.07 Å². The van der Waals surface area contributed by atoms with E-state index < -0.39 is 0 Å². The van der Waals surface area contributed by atoms with E-state index in [0.29, 0.717) is 17.6 Å². The fourth-order valence-corrected chi connectivity index (χ4v) is 2.67. The van der Waals surface area contributed by atoms with Gasteiger partial charge < -0.3 is 10.2 Å². The third kappa shape index (κ3) is 2.80. The highest BCUT2D eigenvalue weighted by Gasteiger charge is 2.22. The van der Waals surface area contributed by atoms with E-state index in [-0.39, 0.29) is 0 Å². The summed E-state index contributed by atoms with van der Waals surface area (Å²) in [6.07, 6.45) is 0. The van der Waals surface area contributed by atoms with E-state index >= 15 is 0 Å². The van der Waals surface area contributed by atoms with Crippen LogP contribution in [0.2, 0.25) is 0 Å². The van der Waals surface area contributed by atoms with E-state index in [2.05, 4.69) is 52.1 Å². The molecule has 0 spiro atoms. The van der Waals surface area contributed by atoms with Gasteiger partial charge in [0, 0.05) is 35.3 Å². The van der Waals surface area contributed by atoms with Crippen LogP contribution in [0.3, 0.4) is 0 Å². The summed E-state index contributed by atoms with van der Waals surface area (Å²) in [6, 6.07) is 9.02. The summed E-state index contributed by atoms with van der Waals surface area (Å²) in [5.41, 5.74) is 1.82. The zero-order valence-electron chi connectivity index (χ0n) is 10.1. The molecule has 17 heavy (non-hydrogen) atoms. The molecule has 0 aromatic heterocycles. The second kappa shape index (κ2) is 5.07. The van der Waals surface area contributed by atoms with Crippen molar-refractivity contribution >= 4 is 21.6 Å². The number of piperazine rings is 1. The average molecular weight is 294 g/mol. The summed E-state index contributed by atoms with van der Waals surface area (Å²) in [7, 11) is 0. The van der Waals surface area contributed by atoms with Crippen molar-refractivity contribution in [2.45, 2.75) is 25.9 Å². The van der Waals surface area contributed by atoms with Crippen LogP contribution < -0.4 is 10.2 Å². The Labute approximate surface area is 111 Å². The second-order valence-corrected chi connectivity index (χ2v) is 5.54. The van der Waals surface area contributed by atoms with Crippen LogP contribution >= 0.6 is 15.9 Å². The van der Waals surface area contributed by atoms with Gasteiger partial charge in [0.25, 0.3) is 0 Å². The lowest BCUT2D eigenvalue weighted by molar-refractivity contribution is 0.425. The maximum atomic E-state index is 9.00. The van der Waals surface area contributed by atoms with Crippen molar-refractivity contribution in [2.75, 3.05) is 18.0 Å². The maximum Gasteiger partial charge on any atom is 0.0992 e. The predicted octanol–water partition coefficient (Wildman–Crippen LogP) is 2.51. The Morgan fingerprint density at radius 2 is 2.18 bits per heavy atom. The van der Waals surface area contributed by atoms with Gasteiger partial charge in [0.05, 0.1) is 11.6 Å². The summed E-state index contributed by atoms with van der Waals surface area (Å²) >= 11 is 3.46. The second-order valence-electron chi connectivity index (χ2n) is 4.62. The van der Waals surface area contributed by atoms with Crippen molar-refractivity contribution < 1.29 is 0 Å². The fraction of sp³-hybridized carbons (Fsp3) is 0.462. The van der Waals surface area contributed by atoms with E-state index in [1.54, 1.807) is 0 Å². The van der Waals surface area contributed by atoms with Crippen LogP contribution in [0.4, 0.5) is 5.69 Å². The predicted molar refractivity (Wildman–Crippen MR) is 73.1 cm³/mol. The van der Waals surface area contributed by atoms with Crippen LogP contribution in [0.5, 0.6) is 0 Å². The van der Waals surface area contributed by atoms with E-state index in [0.717, 1.165) is 23.2 Å². The van der Waals surface area contributed by atoms with Gasteiger partial charge in [-0.2, -0.15) is 5.26 Å². The SMILES string of the molecule is CC1CN(c2cc(Br)cc(C#N)c2)C(C)CN1. The molecule has 3 nitrogen and oxygen atoms in total. The molecule has 90 valence electrons. The number of halogens is 1. The average Bonchev–Trinajstić information content (AvgIpc) is 2.31. The molecule has 1 aliphatic heterocycles. The van der Waals surface area contributed by atoms with Gasteiger partial charge in [0.2, 0.25) is 0 Å². The standard InChI is InChI=1S/C13H16BrN3/c1-9-8-17(10(2)7-16-9)13-4-11(6-15)3-12(14)5-13/h3-5,9-10,16H,7-8H2,1-2H3. The van der Waals surface area contributed by atoms with Crippen LogP contribution in [-0.2, 0) is 0 Å². The van der Waals surface area contributed by atoms with Crippen molar-refractivity contribution in [1.29, 1.82) is 5.26 Å². The number of hydrogen-bond acceptors (Lipinski definition) is 3. The largest absolute Gasteiger partial charge is 0.366 e. The Hall–Kier alpha value is -1.05. The zero-order valence-corrected chi connectivity index (χ0v) is 11.7. The molecule has 0 amide bonds. The van der Waals surface area contributed by atoms with Gasteiger partial charge >= 0.3 is 0 Å². The first-order chi connectivity index (χ1) is 8.10. The molecule has 4 heteroatoms. The number of hydrogen-bond donors (Lipinski definition) is 1. The van der Waals surface area contributed by atoms with E-state index in [1.165, 1.54) is 0 Å². The molecule has 0 bridgehead atoms. The van der Waals surface area contributed by atoms with Crippen molar-refractivity contribution in [3.05, 3.63) is 28.2 Å². The molecule has 2 rings (SSSR count). The molecule has 1 fully saturated rings. The molecule has 1 aromatic rings. The molecule has 0 radical (unpaired) electrons. The first-order valence-corrected chi connectivity index (χ1v) is 6.60. The topological polar surface area (TPSA) is 39.1 Å². The lowest BCUT2D eigenvalue weighted by Crippen LogP contribution is -2.54. The van der Waals surface area contributed by atoms with E-state index in [9.17, 15) is 0 Å². The van der Waals surface area contributed by atoms with Crippen LogP contribution in [0.1, 0.15) is 19.4 Å². The van der Waals surface area contributed by atoms with Gasteiger partial charge in [-0.15, -0.1) is 0 Å². The highest BCUT2D eigenvalue weighted by Crippen LogP contribution is 2.25. The first kappa shape index (κ1) is 12.4. The van der Waals surface area contributed by atoms with Gasteiger partial charge in [-0.3, -0.25) is 0 Å². The molecule has 0 saturated carbocycles. The normalized spacial score (nSPS) is 24.5. The summed E-state index contributed by atoms with van der Waals surface area (Å²) in [6.45, 7) is 6.34. The number of benzene rings is 1. The highest BCUT2D eigenvalue weighted by atomic mass is 79.9. The van der Waals surface area contributed by atoms with Gasteiger partial charge in [-0.1, -0.05) is 15.9 Å². The van der Waals surface area contributed by atoms with Crippen LogP contribution in [0.25, 0.3) is 0 Å². The number of rotatable bonds is 1. The Balaban J connectivity index is 2.32. The van der Waals surface area contributed by atoms with Gasteiger partial charge in [-0.25, -0.2) is 0 Å². The summed E-state index contributed by atoms with van der Waals surface area (Å²) in [5, 5.41) is 12.5. The molecular formula is C13H16BrN3. The van der Waals surface area contributed by atoms with E-state index in [4.69, 9.17) is 5.26 Å². The molecule has 2 atom stereocenters. The number of nitrogens with zero attached hydrogens (tertiary/aromatic N) is 2. The van der Waals surface area contributed by atoms with Crippen LogP contribution in [-0.4, -0.2) is 25.2 Å².